The number of nitrogens with zero attached hydrogens (tertiary/aromatic N) is 4. The van der Waals surface area contributed by atoms with E-state index in [-0.39, 0.29) is 16.6 Å². The second-order valence-corrected chi connectivity index (χ2v) is 10.3. The third-order valence-electron chi connectivity index (χ3n) is 6.58. The molecular formula is C27H20Cl3FN8O. The van der Waals surface area contributed by atoms with E-state index in [0.29, 0.717) is 51.4 Å². The number of hydrogen-bond donors (Lipinski definition) is 4. The Labute approximate surface area is 243 Å². The molecule has 0 saturated carbocycles. The smallest absolute Gasteiger partial charge is 0.141 e. The Bertz CT molecular complexity index is 1690. The lowest BCUT2D eigenvalue weighted by Crippen LogP contribution is -2.52. The monoisotopic (exact) mass is 596 g/mol. The number of nitriles is 1. The minimum atomic E-state index is -0.547. The van der Waals surface area contributed by atoms with E-state index in [2.05, 4.69) is 37.6 Å². The summed E-state index contributed by atoms with van der Waals surface area (Å²) in [5.41, 5.74) is 10.2. The molecule has 1 saturated heterocycles. The molecule has 2 aromatic carbocycles. The Morgan fingerprint density at radius 2 is 1.93 bits per heavy atom. The highest BCUT2D eigenvalue weighted by atomic mass is 35.5. The SMILES string of the molecule is N#Cc1cnc2c(Cl)cc(N[C@H](C3=CN(C4COC4)NN3)c3cccnc3Cl)cc2c1Nc1ccc(F)c(Cl)c1. The number of aromatic nitrogens is 2. The summed E-state index contributed by atoms with van der Waals surface area (Å²) in [6, 6.07) is 13.4. The molecule has 4 N–H and O–H groups in total. The van der Waals surface area contributed by atoms with Crippen molar-refractivity contribution >= 4 is 62.8 Å². The van der Waals surface area contributed by atoms with Gasteiger partial charge < -0.3 is 20.8 Å². The Morgan fingerprint density at radius 3 is 2.65 bits per heavy atom. The maximum absolute atomic E-state index is 13.8. The van der Waals surface area contributed by atoms with Crippen LogP contribution in [0.1, 0.15) is 17.2 Å². The van der Waals surface area contributed by atoms with Crippen molar-refractivity contribution < 1.29 is 9.13 Å². The van der Waals surface area contributed by atoms with E-state index in [1.807, 2.05) is 29.4 Å². The molecule has 6 rings (SSSR count). The zero-order chi connectivity index (χ0) is 27.8. The average Bonchev–Trinajstić information content (AvgIpc) is 3.38. The molecule has 4 heterocycles. The van der Waals surface area contributed by atoms with E-state index in [4.69, 9.17) is 39.5 Å². The molecule has 0 radical (unpaired) electrons. The molecule has 40 heavy (non-hydrogen) atoms. The fourth-order valence-corrected chi connectivity index (χ4v) is 5.13. The standard InChI is InChI=1S/C27H20Cl3FN8O/c28-20-7-15(3-4-22(20)31)35-24-14(9-32)10-34-25-19(24)6-16(8-21(25)29)36-26(18-2-1-5-33-27(18)30)23-11-39(38-37-23)17-12-40-13-17/h1-8,10-11,17,26,36-38H,12-13H2,(H,34,35)/t26-/m0/s1. The molecule has 0 bridgehead atoms. The number of benzene rings is 2. The summed E-state index contributed by atoms with van der Waals surface area (Å²) in [4.78, 5) is 8.66. The Kier molecular flexibility index (Phi) is 7.23. The highest BCUT2D eigenvalue weighted by molar-refractivity contribution is 6.36. The number of hydrazine groups is 2. The number of nitrogens with one attached hydrogen (secondary N) is 4. The molecule has 9 nitrogen and oxygen atoms in total. The molecule has 0 unspecified atom stereocenters. The van der Waals surface area contributed by atoms with Crippen LogP contribution in [-0.2, 0) is 4.74 Å². The summed E-state index contributed by atoms with van der Waals surface area (Å²) in [6.45, 7) is 1.24. The van der Waals surface area contributed by atoms with Gasteiger partial charge in [0, 0.05) is 40.9 Å². The molecule has 0 amide bonds. The van der Waals surface area contributed by atoms with Crippen molar-refractivity contribution in [1.29, 1.82) is 5.26 Å². The second kappa shape index (κ2) is 11.0. The first kappa shape index (κ1) is 26.4. The molecule has 2 aliphatic rings. The summed E-state index contributed by atoms with van der Waals surface area (Å²) in [5.74, 6) is -0.547. The van der Waals surface area contributed by atoms with Gasteiger partial charge in [-0.3, -0.25) is 9.99 Å². The fourth-order valence-electron chi connectivity index (χ4n) is 4.45. The summed E-state index contributed by atoms with van der Waals surface area (Å²) < 4.78 is 19.1. The molecule has 202 valence electrons. The quantitative estimate of drug-likeness (QED) is 0.189. The van der Waals surface area contributed by atoms with Gasteiger partial charge in [-0.2, -0.15) is 5.26 Å². The van der Waals surface area contributed by atoms with Crippen LogP contribution >= 0.6 is 34.8 Å². The van der Waals surface area contributed by atoms with Gasteiger partial charge in [0.05, 0.1) is 57.8 Å². The number of pyridine rings is 2. The molecule has 1 fully saturated rings. The molecule has 13 heteroatoms. The lowest BCUT2D eigenvalue weighted by atomic mass is 10.0. The summed E-state index contributed by atoms with van der Waals surface area (Å²) in [7, 11) is 0. The first-order chi connectivity index (χ1) is 19.4. The van der Waals surface area contributed by atoms with Gasteiger partial charge in [0.25, 0.3) is 0 Å². The van der Waals surface area contributed by atoms with Crippen molar-refractivity contribution in [3.8, 4) is 6.07 Å². The third kappa shape index (κ3) is 5.06. The Morgan fingerprint density at radius 1 is 1.10 bits per heavy atom. The normalized spacial score (nSPS) is 15.7. The number of fused-ring (bicyclic) bond motifs is 1. The van der Waals surface area contributed by atoms with Crippen LogP contribution in [0, 0.1) is 17.1 Å². The van der Waals surface area contributed by atoms with Crippen molar-refractivity contribution in [3.63, 3.8) is 0 Å². The first-order valence-corrected chi connectivity index (χ1v) is 13.3. The second-order valence-electron chi connectivity index (χ2n) is 9.15. The van der Waals surface area contributed by atoms with Crippen LogP contribution in [0.25, 0.3) is 10.9 Å². The third-order valence-corrected chi connectivity index (χ3v) is 7.47. The molecule has 4 aromatic rings. The lowest BCUT2D eigenvalue weighted by molar-refractivity contribution is -0.0635. The number of ether oxygens (including phenoxy) is 1. The zero-order valence-corrected chi connectivity index (χ0v) is 22.8. The molecule has 2 aromatic heterocycles. The Balaban J connectivity index is 1.42. The van der Waals surface area contributed by atoms with Gasteiger partial charge in [-0.15, -0.1) is 5.53 Å². The van der Waals surface area contributed by atoms with Gasteiger partial charge in [0.2, 0.25) is 0 Å². The van der Waals surface area contributed by atoms with Crippen LogP contribution in [0.4, 0.5) is 21.5 Å². The number of rotatable bonds is 7. The maximum atomic E-state index is 13.8. The average molecular weight is 598 g/mol. The molecule has 0 spiro atoms. The van der Waals surface area contributed by atoms with Gasteiger partial charge in [-0.25, -0.2) is 9.37 Å². The van der Waals surface area contributed by atoms with Crippen molar-refractivity contribution in [2.24, 2.45) is 0 Å². The van der Waals surface area contributed by atoms with Crippen LogP contribution in [0.3, 0.4) is 0 Å². The van der Waals surface area contributed by atoms with Gasteiger partial charge >= 0.3 is 0 Å². The summed E-state index contributed by atoms with van der Waals surface area (Å²) in [5, 5.41) is 19.7. The van der Waals surface area contributed by atoms with E-state index in [1.165, 1.54) is 24.4 Å². The summed E-state index contributed by atoms with van der Waals surface area (Å²) >= 11 is 19.2. The fraction of sp³-hybridized carbons (Fsp3) is 0.148. The van der Waals surface area contributed by atoms with Gasteiger partial charge in [0.15, 0.2) is 0 Å². The minimum absolute atomic E-state index is 0.0492. The van der Waals surface area contributed by atoms with Gasteiger partial charge in [0.1, 0.15) is 17.0 Å². The Hall–Kier alpha value is -3.85. The summed E-state index contributed by atoms with van der Waals surface area (Å²) in [6.07, 6.45) is 5.01. The van der Waals surface area contributed by atoms with Crippen LogP contribution in [0.2, 0.25) is 15.2 Å². The van der Waals surface area contributed by atoms with Crippen molar-refractivity contribution in [3.05, 3.63) is 98.9 Å². The zero-order valence-electron chi connectivity index (χ0n) is 20.6. The highest BCUT2D eigenvalue weighted by Gasteiger charge is 2.31. The van der Waals surface area contributed by atoms with E-state index < -0.39 is 11.9 Å². The number of halogens is 4. The number of hydrogen-bond acceptors (Lipinski definition) is 9. The van der Waals surface area contributed by atoms with Crippen LogP contribution < -0.4 is 21.6 Å². The van der Waals surface area contributed by atoms with E-state index in [1.54, 1.807) is 12.3 Å². The molecule has 1 atom stereocenters. The minimum Gasteiger partial charge on any atom is -0.377 e. The van der Waals surface area contributed by atoms with E-state index >= 15 is 0 Å². The predicted octanol–water partition coefficient (Wildman–Crippen LogP) is 6.06. The highest BCUT2D eigenvalue weighted by Crippen LogP contribution is 2.38. The molecule has 0 aliphatic carbocycles. The molecular weight excluding hydrogens is 578 g/mol. The number of anilines is 3. The van der Waals surface area contributed by atoms with E-state index in [9.17, 15) is 9.65 Å². The first-order valence-electron chi connectivity index (χ1n) is 12.1. The van der Waals surface area contributed by atoms with Crippen LogP contribution in [0.5, 0.6) is 0 Å². The van der Waals surface area contributed by atoms with Gasteiger partial charge in [-0.05, 0) is 36.4 Å². The molecule has 2 aliphatic heterocycles. The van der Waals surface area contributed by atoms with Gasteiger partial charge in [-0.1, -0.05) is 40.9 Å². The lowest BCUT2D eigenvalue weighted by Gasteiger charge is -2.33. The van der Waals surface area contributed by atoms with Crippen molar-refractivity contribution in [2.75, 3.05) is 23.8 Å². The van der Waals surface area contributed by atoms with Crippen LogP contribution in [0.15, 0.2) is 66.8 Å². The largest absolute Gasteiger partial charge is 0.377 e. The van der Waals surface area contributed by atoms with Crippen molar-refractivity contribution in [1.82, 2.24) is 25.9 Å². The van der Waals surface area contributed by atoms with Crippen molar-refractivity contribution in [2.45, 2.75) is 12.1 Å². The van der Waals surface area contributed by atoms with E-state index in [0.717, 1.165) is 11.3 Å². The van der Waals surface area contributed by atoms with Crippen LogP contribution in [-0.4, -0.2) is 34.2 Å². The predicted molar refractivity (Wildman–Crippen MR) is 153 cm³/mol. The topological polar surface area (TPSA) is 110 Å². The maximum Gasteiger partial charge on any atom is 0.141 e.